The van der Waals surface area contributed by atoms with E-state index in [0.29, 0.717) is 32.4 Å². The molecule has 0 spiro atoms. The van der Waals surface area contributed by atoms with Crippen LogP contribution in [-0.2, 0) is 22.6 Å². The molecule has 2 amide bonds. The highest BCUT2D eigenvalue weighted by Crippen LogP contribution is 2.16. The van der Waals surface area contributed by atoms with Crippen molar-refractivity contribution in [3.8, 4) is 0 Å². The average molecular weight is 409 g/mol. The quantitative estimate of drug-likeness (QED) is 0.534. The predicted molar refractivity (Wildman–Crippen MR) is 123 cm³/mol. The van der Waals surface area contributed by atoms with Gasteiger partial charge in [0.25, 0.3) is 0 Å². The van der Waals surface area contributed by atoms with E-state index in [1.54, 1.807) is 4.90 Å². The molecule has 4 heteroatoms. The highest BCUT2D eigenvalue weighted by atomic mass is 16.2. The molecule has 0 saturated carbocycles. The Morgan fingerprint density at radius 1 is 0.900 bits per heavy atom. The van der Waals surface area contributed by atoms with Gasteiger partial charge in [-0.05, 0) is 44.2 Å². The summed E-state index contributed by atoms with van der Waals surface area (Å²) in [6.45, 7) is 9.28. The van der Waals surface area contributed by atoms with Crippen LogP contribution in [0.5, 0.6) is 0 Å². The molecule has 30 heavy (non-hydrogen) atoms. The number of rotatable bonds is 11. The Kier molecular flexibility index (Phi) is 9.59. The lowest BCUT2D eigenvalue weighted by Gasteiger charge is -2.31. The van der Waals surface area contributed by atoms with Gasteiger partial charge in [-0.2, -0.15) is 0 Å². The number of hydrogen-bond donors (Lipinski definition) is 1. The van der Waals surface area contributed by atoms with Crippen LogP contribution in [0.2, 0.25) is 0 Å². The van der Waals surface area contributed by atoms with Crippen LogP contribution in [0, 0.1) is 13.8 Å². The maximum Gasteiger partial charge on any atom is 0.242 e. The minimum absolute atomic E-state index is 0.0219. The molecule has 0 fully saturated rings. The van der Waals surface area contributed by atoms with E-state index < -0.39 is 6.04 Å². The molecule has 0 aliphatic carbocycles. The smallest absolute Gasteiger partial charge is 0.242 e. The molecule has 2 aromatic carbocycles. The summed E-state index contributed by atoms with van der Waals surface area (Å²) in [6, 6.07) is 16.0. The van der Waals surface area contributed by atoms with Crippen molar-refractivity contribution in [2.75, 3.05) is 6.54 Å². The summed E-state index contributed by atoms with van der Waals surface area (Å²) in [4.78, 5) is 27.8. The van der Waals surface area contributed by atoms with Crippen LogP contribution >= 0.6 is 0 Å². The molecule has 0 aliphatic rings. The maximum atomic E-state index is 13.2. The summed E-state index contributed by atoms with van der Waals surface area (Å²) >= 11 is 0. The minimum Gasteiger partial charge on any atom is -0.354 e. The zero-order chi connectivity index (χ0) is 21.9. The van der Waals surface area contributed by atoms with Crippen molar-refractivity contribution in [3.63, 3.8) is 0 Å². The molecule has 0 aliphatic heterocycles. The van der Waals surface area contributed by atoms with Gasteiger partial charge in [0.15, 0.2) is 0 Å². The van der Waals surface area contributed by atoms with E-state index in [0.717, 1.165) is 24.0 Å². The standard InChI is InChI=1S/C26H36N2O2/c1-5-7-18-27-26(30)24(6-2)28(19-23-14-10-21(4)11-15-23)25(29)17-16-22-12-8-20(3)9-13-22/h8-15,24H,5-7,16-19H2,1-4H3,(H,27,30)/t24-/m1/s1. The number of carbonyl (C=O) groups excluding carboxylic acids is 2. The van der Waals surface area contributed by atoms with Gasteiger partial charge in [-0.1, -0.05) is 79.9 Å². The fourth-order valence-electron chi connectivity index (χ4n) is 3.47. The van der Waals surface area contributed by atoms with Crippen molar-refractivity contribution in [3.05, 3.63) is 70.8 Å². The molecule has 1 N–H and O–H groups in total. The summed E-state index contributed by atoms with van der Waals surface area (Å²) in [5.74, 6) is -0.0320. The van der Waals surface area contributed by atoms with E-state index in [1.165, 1.54) is 11.1 Å². The Morgan fingerprint density at radius 3 is 2.00 bits per heavy atom. The first kappa shape index (κ1) is 23.7. The van der Waals surface area contributed by atoms with Gasteiger partial charge in [-0.15, -0.1) is 0 Å². The molecular weight excluding hydrogens is 372 g/mol. The maximum absolute atomic E-state index is 13.2. The van der Waals surface area contributed by atoms with Gasteiger partial charge in [-0.3, -0.25) is 9.59 Å². The topological polar surface area (TPSA) is 49.4 Å². The fourth-order valence-corrected chi connectivity index (χ4v) is 3.47. The van der Waals surface area contributed by atoms with Crippen molar-refractivity contribution in [1.29, 1.82) is 0 Å². The van der Waals surface area contributed by atoms with Crippen LogP contribution in [0.4, 0.5) is 0 Å². The number of nitrogens with one attached hydrogen (secondary N) is 1. The second-order valence-electron chi connectivity index (χ2n) is 8.06. The normalized spacial score (nSPS) is 11.7. The van der Waals surface area contributed by atoms with E-state index in [-0.39, 0.29) is 11.8 Å². The molecule has 0 radical (unpaired) electrons. The van der Waals surface area contributed by atoms with E-state index in [1.807, 2.05) is 38.1 Å². The average Bonchev–Trinajstić information content (AvgIpc) is 2.74. The Hall–Kier alpha value is -2.62. The van der Waals surface area contributed by atoms with Gasteiger partial charge in [0.1, 0.15) is 6.04 Å². The highest BCUT2D eigenvalue weighted by molar-refractivity contribution is 5.87. The Balaban J connectivity index is 2.15. The van der Waals surface area contributed by atoms with Gasteiger partial charge in [0.05, 0.1) is 0 Å². The summed E-state index contributed by atoms with van der Waals surface area (Å²) in [6.07, 6.45) is 3.65. The molecule has 2 aromatic rings. The van der Waals surface area contributed by atoms with Crippen molar-refractivity contribution < 1.29 is 9.59 Å². The Bertz CT molecular complexity index is 797. The van der Waals surface area contributed by atoms with Crippen molar-refractivity contribution in [2.24, 2.45) is 0 Å². The molecule has 4 nitrogen and oxygen atoms in total. The molecule has 2 rings (SSSR count). The Morgan fingerprint density at radius 2 is 1.47 bits per heavy atom. The molecule has 162 valence electrons. The first-order chi connectivity index (χ1) is 14.4. The first-order valence-corrected chi connectivity index (χ1v) is 11.1. The number of benzene rings is 2. The van der Waals surface area contributed by atoms with Crippen molar-refractivity contribution in [2.45, 2.75) is 72.4 Å². The number of unbranched alkanes of at least 4 members (excludes halogenated alkanes) is 1. The zero-order valence-corrected chi connectivity index (χ0v) is 18.9. The minimum atomic E-state index is -0.450. The number of nitrogens with zero attached hydrogens (tertiary/aromatic N) is 1. The molecule has 0 heterocycles. The van der Waals surface area contributed by atoms with Crippen LogP contribution in [0.1, 0.15) is 61.8 Å². The van der Waals surface area contributed by atoms with Gasteiger partial charge in [0.2, 0.25) is 11.8 Å². The van der Waals surface area contributed by atoms with Crippen LogP contribution < -0.4 is 5.32 Å². The molecule has 0 unspecified atom stereocenters. The van der Waals surface area contributed by atoms with Crippen LogP contribution in [0.15, 0.2) is 48.5 Å². The highest BCUT2D eigenvalue weighted by Gasteiger charge is 2.28. The molecular formula is C26H36N2O2. The number of amides is 2. The second-order valence-corrected chi connectivity index (χ2v) is 8.06. The van der Waals surface area contributed by atoms with Crippen LogP contribution in [0.3, 0.4) is 0 Å². The number of aryl methyl sites for hydroxylation is 3. The predicted octanol–water partition coefficient (Wildman–Crippen LogP) is 4.96. The third-order valence-corrected chi connectivity index (χ3v) is 5.44. The van der Waals surface area contributed by atoms with Gasteiger partial charge in [-0.25, -0.2) is 0 Å². The summed E-state index contributed by atoms with van der Waals surface area (Å²) in [5.41, 5.74) is 4.58. The lowest BCUT2D eigenvalue weighted by Crippen LogP contribution is -2.49. The molecule has 0 bridgehead atoms. The van der Waals surface area contributed by atoms with Gasteiger partial charge < -0.3 is 10.2 Å². The second kappa shape index (κ2) is 12.2. The fraction of sp³-hybridized carbons (Fsp3) is 0.462. The van der Waals surface area contributed by atoms with Crippen LogP contribution in [0.25, 0.3) is 0 Å². The zero-order valence-electron chi connectivity index (χ0n) is 18.9. The Labute approximate surface area is 181 Å². The van der Waals surface area contributed by atoms with Gasteiger partial charge in [0, 0.05) is 19.5 Å². The summed E-state index contributed by atoms with van der Waals surface area (Å²) < 4.78 is 0. The first-order valence-electron chi connectivity index (χ1n) is 11.1. The van der Waals surface area contributed by atoms with Crippen LogP contribution in [-0.4, -0.2) is 29.3 Å². The van der Waals surface area contributed by atoms with E-state index >= 15 is 0 Å². The third kappa shape index (κ3) is 7.33. The van der Waals surface area contributed by atoms with E-state index in [2.05, 4.69) is 43.4 Å². The lowest BCUT2D eigenvalue weighted by atomic mass is 10.0. The van der Waals surface area contributed by atoms with Crippen molar-refractivity contribution >= 4 is 11.8 Å². The van der Waals surface area contributed by atoms with Gasteiger partial charge >= 0.3 is 0 Å². The monoisotopic (exact) mass is 408 g/mol. The number of carbonyl (C=O) groups is 2. The summed E-state index contributed by atoms with van der Waals surface area (Å²) in [5, 5.41) is 3.01. The summed E-state index contributed by atoms with van der Waals surface area (Å²) in [7, 11) is 0. The van der Waals surface area contributed by atoms with Crippen molar-refractivity contribution in [1.82, 2.24) is 10.2 Å². The largest absolute Gasteiger partial charge is 0.354 e. The SMILES string of the molecule is CCCCNC(=O)[C@@H](CC)N(Cc1ccc(C)cc1)C(=O)CCc1ccc(C)cc1. The van der Waals surface area contributed by atoms with E-state index in [4.69, 9.17) is 0 Å². The number of hydrogen-bond acceptors (Lipinski definition) is 2. The molecule has 1 atom stereocenters. The molecule has 0 aromatic heterocycles. The van der Waals surface area contributed by atoms with E-state index in [9.17, 15) is 9.59 Å². The third-order valence-electron chi connectivity index (χ3n) is 5.44. The molecule has 0 saturated heterocycles. The lowest BCUT2D eigenvalue weighted by molar-refractivity contribution is -0.141.